The Kier molecular flexibility index (Phi) is 3.98. The van der Waals surface area contributed by atoms with Gasteiger partial charge in [0, 0.05) is 17.5 Å². The lowest BCUT2D eigenvalue weighted by Crippen LogP contribution is -2.32. The summed E-state index contributed by atoms with van der Waals surface area (Å²) in [4.78, 5) is 2.26. The van der Waals surface area contributed by atoms with Crippen LogP contribution in [-0.2, 0) is 6.54 Å². The summed E-state index contributed by atoms with van der Waals surface area (Å²) in [5.74, 6) is -0.114. The second-order valence-corrected chi connectivity index (χ2v) is 4.82. The van der Waals surface area contributed by atoms with Gasteiger partial charge in [0.1, 0.15) is 5.82 Å². The first kappa shape index (κ1) is 12.3. The topological polar surface area (TPSA) is 27.0 Å². The molecule has 0 aliphatic carbocycles. The Hall–Kier alpha value is -1.11. The normalized spacial score (nSPS) is 17.9. The highest BCUT2D eigenvalue weighted by Crippen LogP contribution is 2.22. The molecule has 0 N–H and O–H groups in total. The smallest absolute Gasteiger partial charge is 0.124 e. The zero-order valence-corrected chi connectivity index (χ0v) is 10.3. The number of likely N-dealkylation sites (tertiary alicyclic amines) is 1. The zero-order valence-electron chi connectivity index (χ0n) is 9.50. The summed E-state index contributed by atoms with van der Waals surface area (Å²) in [6.45, 7) is 2.55. The van der Waals surface area contributed by atoms with Gasteiger partial charge in [-0.1, -0.05) is 17.7 Å². The van der Waals surface area contributed by atoms with Crippen molar-refractivity contribution in [1.29, 1.82) is 5.26 Å². The lowest BCUT2D eigenvalue weighted by molar-refractivity contribution is 0.198. The van der Waals surface area contributed by atoms with Crippen molar-refractivity contribution in [2.75, 3.05) is 13.1 Å². The number of nitriles is 1. The molecule has 90 valence electrons. The Bertz CT molecular complexity index is 434. The van der Waals surface area contributed by atoms with Gasteiger partial charge in [0.15, 0.2) is 0 Å². The first-order valence-electron chi connectivity index (χ1n) is 5.75. The largest absolute Gasteiger partial charge is 0.299 e. The predicted molar refractivity (Wildman–Crippen MR) is 65.0 cm³/mol. The lowest BCUT2D eigenvalue weighted by atomic mass is 9.98. The molecule has 1 aromatic rings. The van der Waals surface area contributed by atoms with Crippen LogP contribution in [0.3, 0.4) is 0 Å². The van der Waals surface area contributed by atoms with Gasteiger partial charge in [-0.2, -0.15) is 5.26 Å². The number of halogens is 2. The highest BCUT2D eigenvalue weighted by Gasteiger charge is 2.19. The van der Waals surface area contributed by atoms with Gasteiger partial charge in [-0.3, -0.25) is 4.90 Å². The summed E-state index contributed by atoms with van der Waals surface area (Å²) in [5, 5.41) is 9.29. The average Bonchev–Trinajstić information content (AvgIpc) is 2.34. The van der Waals surface area contributed by atoms with Gasteiger partial charge in [0.2, 0.25) is 0 Å². The van der Waals surface area contributed by atoms with Crippen LogP contribution < -0.4 is 0 Å². The van der Waals surface area contributed by atoms with Crippen LogP contribution in [-0.4, -0.2) is 18.0 Å². The molecular weight excluding hydrogens is 239 g/mol. The fourth-order valence-corrected chi connectivity index (χ4v) is 2.34. The summed E-state index contributed by atoms with van der Waals surface area (Å²) < 4.78 is 12.9. The van der Waals surface area contributed by atoms with E-state index in [4.69, 9.17) is 16.9 Å². The molecule has 0 unspecified atom stereocenters. The molecule has 0 aromatic heterocycles. The van der Waals surface area contributed by atoms with Crippen molar-refractivity contribution in [2.45, 2.75) is 19.4 Å². The maximum atomic E-state index is 12.9. The molecule has 1 aromatic carbocycles. The Morgan fingerprint density at radius 3 is 2.71 bits per heavy atom. The van der Waals surface area contributed by atoms with E-state index in [0.717, 1.165) is 38.0 Å². The molecule has 0 amide bonds. The lowest BCUT2D eigenvalue weighted by Gasteiger charge is -2.29. The summed E-state index contributed by atoms with van der Waals surface area (Å²) in [6.07, 6.45) is 1.82. The molecule has 2 nitrogen and oxygen atoms in total. The van der Waals surface area contributed by atoms with E-state index in [1.807, 2.05) is 0 Å². The Morgan fingerprint density at radius 2 is 2.12 bits per heavy atom. The van der Waals surface area contributed by atoms with Gasteiger partial charge in [-0.05, 0) is 43.6 Å². The van der Waals surface area contributed by atoms with Crippen LogP contribution in [0.2, 0.25) is 5.02 Å². The van der Waals surface area contributed by atoms with Gasteiger partial charge in [-0.25, -0.2) is 4.39 Å². The third kappa shape index (κ3) is 3.18. The molecule has 2 rings (SSSR count). The van der Waals surface area contributed by atoms with Crippen molar-refractivity contribution in [2.24, 2.45) is 5.92 Å². The highest BCUT2D eigenvalue weighted by atomic mass is 35.5. The SMILES string of the molecule is N#CC1CCN(Cc2ccc(F)cc2Cl)CC1. The Labute approximate surface area is 106 Å². The summed E-state index contributed by atoms with van der Waals surface area (Å²) in [6, 6.07) is 6.81. The molecule has 1 heterocycles. The Morgan fingerprint density at radius 1 is 1.41 bits per heavy atom. The maximum absolute atomic E-state index is 12.9. The standard InChI is InChI=1S/C13H14ClFN2/c14-13-7-12(15)2-1-11(13)9-17-5-3-10(8-16)4-6-17/h1-2,7,10H,3-6,9H2. The molecule has 1 fully saturated rings. The van der Waals surface area contributed by atoms with Gasteiger partial charge in [0.05, 0.1) is 6.07 Å². The van der Waals surface area contributed by atoms with E-state index < -0.39 is 0 Å². The monoisotopic (exact) mass is 252 g/mol. The number of benzene rings is 1. The average molecular weight is 253 g/mol. The van der Waals surface area contributed by atoms with Crippen molar-refractivity contribution >= 4 is 11.6 Å². The van der Waals surface area contributed by atoms with E-state index in [1.54, 1.807) is 6.07 Å². The van der Waals surface area contributed by atoms with Crippen LogP contribution >= 0.6 is 11.6 Å². The number of hydrogen-bond acceptors (Lipinski definition) is 2. The zero-order chi connectivity index (χ0) is 12.3. The number of rotatable bonds is 2. The van der Waals surface area contributed by atoms with Crippen molar-refractivity contribution in [3.63, 3.8) is 0 Å². The quantitative estimate of drug-likeness (QED) is 0.808. The molecule has 1 aliphatic heterocycles. The summed E-state index contributed by atoms with van der Waals surface area (Å²) in [7, 11) is 0. The fraction of sp³-hybridized carbons (Fsp3) is 0.462. The molecule has 1 saturated heterocycles. The van der Waals surface area contributed by atoms with E-state index in [0.29, 0.717) is 5.02 Å². The van der Waals surface area contributed by atoms with Crippen LogP contribution in [0.25, 0.3) is 0 Å². The first-order chi connectivity index (χ1) is 8.19. The van der Waals surface area contributed by atoms with E-state index in [2.05, 4.69) is 11.0 Å². The maximum Gasteiger partial charge on any atom is 0.124 e. The second-order valence-electron chi connectivity index (χ2n) is 4.42. The minimum atomic E-state index is -0.304. The predicted octanol–water partition coefficient (Wildman–Crippen LogP) is 3.21. The van der Waals surface area contributed by atoms with Crippen LogP contribution in [0.4, 0.5) is 4.39 Å². The van der Waals surface area contributed by atoms with Crippen LogP contribution in [0.15, 0.2) is 18.2 Å². The van der Waals surface area contributed by atoms with Gasteiger partial charge in [0.25, 0.3) is 0 Å². The van der Waals surface area contributed by atoms with Gasteiger partial charge in [-0.15, -0.1) is 0 Å². The van der Waals surface area contributed by atoms with Crippen LogP contribution in [0.5, 0.6) is 0 Å². The minimum absolute atomic E-state index is 0.190. The fourth-order valence-electron chi connectivity index (χ4n) is 2.11. The third-order valence-electron chi connectivity index (χ3n) is 3.18. The molecule has 0 radical (unpaired) electrons. The summed E-state index contributed by atoms with van der Waals surface area (Å²) in [5.41, 5.74) is 0.948. The van der Waals surface area contributed by atoms with Gasteiger partial charge >= 0.3 is 0 Å². The Balaban J connectivity index is 1.96. The molecule has 4 heteroatoms. The van der Waals surface area contributed by atoms with Crippen LogP contribution in [0.1, 0.15) is 18.4 Å². The summed E-state index contributed by atoms with van der Waals surface area (Å²) >= 11 is 5.99. The van der Waals surface area contributed by atoms with E-state index in [-0.39, 0.29) is 11.7 Å². The molecule has 0 saturated carbocycles. The van der Waals surface area contributed by atoms with Crippen molar-refractivity contribution in [3.8, 4) is 6.07 Å². The molecule has 17 heavy (non-hydrogen) atoms. The number of hydrogen-bond donors (Lipinski definition) is 0. The van der Waals surface area contributed by atoms with E-state index >= 15 is 0 Å². The first-order valence-corrected chi connectivity index (χ1v) is 6.12. The number of piperidine rings is 1. The molecule has 0 bridgehead atoms. The number of nitrogens with zero attached hydrogens (tertiary/aromatic N) is 2. The molecular formula is C13H14ClFN2. The van der Waals surface area contributed by atoms with E-state index in [1.165, 1.54) is 12.1 Å². The molecule has 0 atom stereocenters. The molecule has 1 aliphatic rings. The minimum Gasteiger partial charge on any atom is -0.299 e. The van der Waals surface area contributed by atoms with Crippen molar-refractivity contribution < 1.29 is 4.39 Å². The van der Waals surface area contributed by atoms with Crippen LogP contribution in [0, 0.1) is 23.1 Å². The third-order valence-corrected chi connectivity index (χ3v) is 3.53. The van der Waals surface area contributed by atoms with Crippen molar-refractivity contribution in [1.82, 2.24) is 4.90 Å². The second kappa shape index (κ2) is 5.48. The molecule has 0 spiro atoms. The van der Waals surface area contributed by atoms with Crippen molar-refractivity contribution in [3.05, 3.63) is 34.6 Å². The highest BCUT2D eigenvalue weighted by molar-refractivity contribution is 6.31. The van der Waals surface area contributed by atoms with Gasteiger partial charge < -0.3 is 0 Å². The van der Waals surface area contributed by atoms with E-state index in [9.17, 15) is 4.39 Å².